The van der Waals surface area contributed by atoms with Crippen LogP contribution in [0, 0.1) is 0 Å². The zero-order valence-corrected chi connectivity index (χ0v) is 75.6. The van der Waals surface area contributed by atoms with Crippen molar-refractivity contribution >= 4 is 246 Å². The maximum atomic E-state index is 5.23. The highest BCUT2D eigenvalue weighted by Crippen LogP contribution is 2.51. The van der Waals surface area contributed by atoms with Gasteiger partial charge in [0.1, 0.15) is 22.6 Å². The minimum absolute atomic E-state index is 0.917. The molecule has 0 unspecified atom stereocenters. The summed E-state index contributed by atoms with van der Waals surface area (Å²) in [6.07, 6.45) is 3.78. The number of fused-ring (bicyclic) bond motifs is 45. The molecule has 0 amide bonds. The molecule has 14 heterocycles. The van der Waals surface area contributed by atoms with Crippen molar-refractivity contribution in [3.05, 3.63) is 461 Å². The number of hydrogen-bond donors (Lipinski definition) is 0. The molecule has 14 nitrogen and oxygen atoms in total. The van der Waals surface area contributed by atoms with E-state index in [2.05, 4.69) is 477 Å². The fourth-order valence-corrected chi connectivity index (χ4v) is 24.0. The fraction of sp³-hybridized carbons (Fsp3) is 0. The predicted octanol–water partition coefficient (Wildman–Crippen LogP) is 31.8. The molecule has 0 saturated carbocycles. The number of pyridine rings is 5. The van der Waals surface area contributed by atoms with Gasteiger partial charge in [-0.3, -0.25) is 18.2 Å². The Morgan fingerprint density at radius 2 is 0.390 bits per heavy atom. The van der Waals surface area contributed by atoms with Crippen molar-refractivity contribution in [3.8, 4) is 34.1 Å². The van der Waals surface area contributed by atoms with Crippen LogP contribution in [0.25, 0.3) is 280 Å². The number of benzene rings is 19. The van der Waals surface area contributed by atoms with Crippen LogP contribution in [0.4, 0.5) is 0 Å². The third-order valence-electron chi connectivity index (χ3n) is 29.6. The van der Waals surface area contributed by atoms with Gasteiger partial charge in [-0.25, -0.2) is 19.9 Å². The van der Waals surface area contributed by atoms with Crippen molar-refractivity contribution in [1.29, 1.82) is 0 Å². The van der Waals surface area contributed by atoms with Gasteiger partial charge in [-0.2, -0.15) is 0 Å². The smallest absolute Gasteiger partial charge is 0.147 e. The molecule has 0 aliphatic heterocycles. The molecular weight excluding hydrogens is 1720 g/mol. The van der Waals surface area contributed by atoms with Crippen molar-refractivity contribution < 1.29 is 0 Å². The van der Waals surface area contributed by atoms with Gasteiger partial charge >= 0.3 is 0 Å². The van der Waals surface area contributed by atoms with E-state index in [9.17, 15) is 0 Å². The summed E-state index contributed by atoms with van der Waals surface area (Å²) in [5, 5.41) is 24.1. The highest BCUT2D eigenvalue weighted by Gasteiger charge is 2.30. The Morgan fingerprint density at radius 3 is 0.773 bits per heavy atom. The number of rotatable bonds is 6. The molecule has 0 saturated heterocycles. The average molecular weight is 1800 g/mol. The predicted molar refractivity (Wildman–Crippen MR) is 585 cm³/mol. The van der Waals surface area contributed by atoms with E-state index in [1.165, 1.54) is 136 Å². The van der Waals surface area contributed by atoms with Crippen molar-refractivity contribution in [2.45, 2.75) is 0 Å². The van der Waals surface area contributed by atoms with Crippen LogP contribution >= 0.6 is 0 Å². The lowest BCUT2D eigenvalue weighted by Crippen LogP contribution is -1.96. The molecule has 0 fully saturated rings. The Balaban J connectivity index is 0.0000000972. The molecule has 33 rings (SSSR count). The first-order valence-electron chi connectivity index (χ1n) is 48.0. The summed E-state index contributed by atoms with van der Waals surface area (Å²) >= 11 is 0. The zero-order valence-electron chi connectivity index (χ0n) is 75.6. The molecule has 0 aliphatic rings. The van der Waals surface area contributed by atoms with Crippen LogP contribution in [0.1, 0.15) is 0 Å². The molecule has 33 aromatic rings. The Morgan fingerprint density at radius 1 is 0.135 bits per heavy atom. The lowest BCUT2D eigenvalue weighted by atomic mass is 10.0. The van der Waals surface area contributed by atoms with Gasteiger partial charge in [0.25, 0.3) is 0 Å². The van der Waals surface area contributed by atoms with Crippen molar-refractivity contribution in [3.63, 3.8) is 0 Å². The Hall–Kier alpha value is -19.3. The van der Waals surface area contributed by atoms with Crippen molar-refractivity contribution in [2.24, 2.45) is 0 Å². The number of hydrogen-bond acceptors (Lipinski definition) is 5. The first kappa shape index (κ1) is 77.0. The Bertz CT molecular complexity index is 10200. The summed E-state index contributed by atoms with van der Waals surface area (Å²) < 4.78 is 21.3. The molecule has 19 aromatic carbocycles. The molecule has 0 atom stereocenters. The normalized spacial score (nSPS) is 12.3. The van der Waals surface area contributed by atoms with Crippen LogP contribution < -0.4 is 0 Å². The molecule has 0 N–H and O–H groups in total. The molecule has 0 aliphatic carbocycles. The van der Waals surface area contributed by atoms with Gasteiger partial charge in [0, 0.05) is 143 Å². The van der Waals surface area contributed by atoms with Crippen molar-refractivity contribution in [2.75, 3.05) is 0 Å². The van der Waals surface area contributed by atoms with E-state index in [0.29, 0.717) is 0 Å². The summed E-state index contributed by atoms with van der Waals surface area (Å²) in [6.45, 7) is 0. The third kappa shape index (κ3) is 10.9. The standard InChI is InChI=1S/C43H26N4.2C42H25N5/c1-3-13-27(14-4-1)45-36-21-11-8-18-30(36)41-38(45)23-24-39-42(41)33-25-31-29-17-7-10-20-35(29)47-37-22-12-9-19-34(37)44-43(47)32(31)26-40(33)46(39)28-15-5-2-6-16-28;1-3-12-26(13-4-1)45-34-19-9-7-16-29(34)39-36(45)21-22-37-40(39)32-24-30-28-17-11-23-43-41(28)47-35-20-10-8-18-33(35)44-42(47)31(30)25-38(32)46(37)27-14-5-2-6-15-27;1-3-12-26(13-4-1)45-33-18-9-7-16-28(33)39-35(45)21-22-36-40(39)31-24-29-30(25-38(31)46(36)27-14-5-2-6-15-27)42-44-32-17-8-10-19-34(32)47(42)37-20-11-23-43-41(29)37/h1-26H;2*1-25H. The first-order valence-corrected chi connectivity index (χ1v) is 48.0. The summed E-state index contributed by atoms with van der Waals surface area (Å²) in [7, 11) is 0. The van der Waals surface area contributed by atoms with Crippen LogP contribution in [0.2, 0.25) is 0 Å². The first-order chi connectivity index (χ1) is 70.0. The van der Waals surface area contributed by atoms with Gasteiger partial charge in [-0.1, -0.05) is 218 Å². The highest BCUT2D eigenvalue weighted by molar-refractivity contribution is 6.35. The van der Waals surface area contributed by atoms with E-state index in [1.54, 1.807) is 0 Å². The number of para-hydroxylation sites is 16. The van der Waals surface area contributed by atoms with Gasteiger partial charge in [0.15, 0.2) is 0 Å². The number of aromatic nitrogens is 14. The van der Waals surface area contributed by atoms with Crippen LogP contribution in [0.5, 0.6) is 0 Å². The number of nitrogens with zero attached hydrogens (tertiary/aromatic N) is 14. The van der Waals surface area contributed by atoms with Crippen LogP contribution in [-0.4, -0.2) is 65.5 Å². The zero-order chi connectivity index (χ0) is 91.9. The molecule has 0 spiro atoms. The largest absolute Gasteiger partial charge is 0.309 e. The van der Waals surface area contributed by atoms with E-state index in [4.69, 9.17) is 24.9 Å². The summed E-state index contributed by atoms with van der Waals surface area (Å²) in [5.74, 6) is 0. The molecule has 0 radical (unpaired) electrons. The number of imidazole rings is 3. The van der Waals surface area contributed by atoms with E-state index in [-0.39, 0.29) is 0 Å². The second-order valence-electron chi connectivity index (χ2n) is 36.9. The molecule has 0 bridgehead atoms. The van der Waals surface area contributed by atoms with Crippen LogP contribution in [-0.2, 0) is 0 Å². The van der Waals surface area contributed by atoms with E-state index < -0.39 is 0 Å². The second kappa shape index (κ2) is 29.6. The minimum Gasteiger partial charge on any atom is -0.309 e. The lowest BCUT2D eigenvalue weighted by molar-refractivity contribution is 1.17. The molecule has 14 heteroatoms. The summed E-state index contributed by atoms with van der Waals surface area (Å²) in [5.41, 5.74) is 34.2. The molecule has 654 valence electrons. The lowest BCUT2D eigenvalue weighted by Gasteiger charge is -2.11. The summed E-state index contributed by atoms with van der Waals surface area (Å²) in [6, 6.07) is 161. The van der Waals surface area contributed by atoms with Gasteiger partial charge in [0.05, 0.1) is 116 Å². The topological polar surface area (TPSA) is 107 Å². The third-order valence-corrected chi connectivity index (χ3v) is 29.6. The van der Waals surface area contributed by atoms with E-state index in [1.807, 2.05) is 24.5 Å². The van der Waals surface area contributed by atoms with Gasteiger partial charge in [0.2, 0.25) is 0 Å². The minimum atomic E-state index is 0.917. The quantitative estimate of drug-likeness (QED) is 0.154. The van der Waals surface area contributed by atoms with Gasteiger partial charge in [-0.05, 0) is 241 Å². The fourth-order valence-electron chi connectivity index (χ4n) is 24.0. The molecule has 141 heavy (non-hydrogen) atoms. The van der Waals surface area contributed by atoms with Gasteiger partial charge in [-0.15, -0.1) is 0 Å². The van der Waals surface area contributed by atoms with Crippen LogP contribution in [0.3, 0.4) is 0 Å². The monoisotopic (exact) mass is 1800 g/mol. The summed E-state index contributed by atoms with van der Waals surface area (Å²) in [4.78, 5) is 25.5. The van der Waals surface area contributed by atoms with Crippen molar-refractivity contribution in [1.82, 2.24) is 65.5 Å². The van der Waals surface area contributed by atoms with E-state index in [0.717, 1.165) is 144 Å². The molecule has 14 aromatic heterocycles. The Labute approximate surface area is 801 Å². The Kier molecular flexibility index (Phi) is 16.2. The molecular formula is C127H76N14. The highest BCUT2D eigenvalue weighted by atomic mass is 15.1. The van der Waals surface area contributed by atoms with Crippen LogP contribution in [0.15, 0.2) is 461 Å². The second-order valence-corrected chi connectivity index (χ2v) is 36.9. The maximum absolute atomic E-state index is 5.23. The maximum Gasteiger partial charge on any atom is 0.147 e. The van der Waals surface area contributed by atoms with E-state index >= 15 is 0 Å². The SMILES string of the molecule is c1ccc(-n2c3ccccc3c3c4c5cc6c(cc5n(-c5ccccc5)c4ccc32)c2nc3ccccc3n2c2cccnc62)cc1.c1ccc(-n2c3ccccc3c3c4c5cc6c7ccccc7n7c8ccccc8nc7c6cc5n(-c5ccccc5)c4ccc32)cc1.c1ccc(-n2c3ccccc3c3c4c5cc6c7cccnc7n7c8ccccc8nc7c6cc5n(-c5ccccc5)c4ccc32)cc1. The average Bonchev–Trinajstić information content (AvgIpc) is 1.54. The van der Waals surface area contributed by atoms with Gasteiger partial charge < -0.3 is 27.4 Å².